The summed E-state index contributed by atoms with van der Waals surface area (Å²) in [6, 6.07) is 13.3. The molecule has 1 aliphatic rings. The fraction of sp³-hybridized carbons (Fsp3) is 0.278. The number of nitrogens with zero attached hydrogens (tertiary/aromatic N) is 2. The van der Waals surface area contributed by atoms with E-state index >= 15 is 0 Å². The lowest BCUT2D eigenvalue weighted by molar-refractivity contribution is -0.384. The molecule has 3 atom stereocenters. The Labute approximate surface area is 144 Å². The van der Waals surface area contributed by atoms with Crippen molar-refractivity contribution in [1.82, 2.24) is 4.90 Å². The Kier molecular flexibility index (Phi) is 4.67. The highest BCUT2D eigenvalue weighted by Crippen LogP contribution is 2.45. The van der Waals surface area contributed by atoms with Crippen molar-refractivity contribution in [3.05, 3.63) is 69.8 Å². The van der Waals surface area contributed by atoms with Crippen LogP contribution in [-0.2, 0) is 16.1 Å². The van der Waals surface area contributed by atoms with Crippen molar-refractivity contribution in [3.63, 3.8) is 0 Å². The van der Waals surface area contributed by atoms with Crippen molar-refractivity contribution >= 4 is 11.7 Å². The lowest BCUT2D eigenvalue weighted by Crippen LogP contribution is -2.14. The van der Waals surface area contributed by atoms with Crippen molar-refractivity contribution in [2.45, 2.75) is 18.6 Å². The predicted octanol–water partition coefficient (Wildman–Crippen LogP) is 2.70. The third kappa shape index (κ3) is 3.46. The first-order valence-corrected chi connectivity index (χ1v) is 7.76. The summed E-state index contributed by atoms with van der Waals surface area (Å²) in [6.45, 7) is 0.539. The van der Waals surface area contributed by atoms with Gasteiger partial charge in [0.1, 0.15) is 11.8 Å². The number of nitro benzene ring substituents is 1. The Morgan fingerprint density at radius 2 is 1.92 bits per heavy atom. The smallest absolute Gasteiger partial charge is 0.325 e. The maximum Gasteiger partial charge on any atom is 0.325 e. The van der Waals surface area contributed by atoms with Gasteiger partial charge < -0.3 is 9.47 Å². The number of nitro groups is 1. The van der Waals surface area contributed by atoms with Crippen LogP contribution in [0.3, 0.4) is 0 Å². The van der Waals surface area contributed by atoms with E-state index in [4.69, 9.17) is 9.47 Å². The summed E-state index contributed by atoms with van der Waals surface area (Å²) in [5.41, 5.74) is 1.76. The van der Waals surface area contributed by atoms with E-state index in [1.165, 1.54) is 19.2 Å². The second-order valence-corrected chi connectivity index (χ2v) is 5.79. The van der Waals surface area contributed by atoms with Gasteiger partial charge in [-0.05, 0) is 23.3 Å². The van der Waals surface area contributed by atoms with Gasteiger partial charge in [0, 0.05) is 18.7 Å². The normalized spacial score (nSPS) is 21.4. The minimum absolute atomic E-state index is 0.0115. The molecular formula is C18H18N2O5. The molecule has 0 bridgehead atoms. The average molecular weight is 342 g/mol. The first-order chi connectivity index (χ1) is 12.0. The quantitative estimate of drug-likeness (QED) is 0.347. The van der Waals surface area contributed by atoms with Crippen LogP contribution in [0.2, 0.25) is 0 Å². The average Bonchev–Trinajstić information content (AvgIpc) is 3.35. The van der Waals surface area contributed by atoms with E-state index in [1.54, 1.807) is 19.2 Å². The van der Waals surface area contributed by atoms with Crippen LogP contribution in [0, 0.1) is 10.1 Å². The van der Waals surface area contributed by atoms with Gasteiger partial charge in [0.25, 0.3) is 5.69 Å². The van der Waals surface area contributed by atoms with Gasteiger partial charge in [-0.25, -0.2) is 0 Å². The highest BCUT2D eigenvalue weighted by molar-refractivity contribution is 5.80. The van der Waals surface area contributed by atoms with Gasteiger partial charge in [-0.15, -0.1) is 0 Å². The molecule has 7 heteroatoms. The zero-order chi connectivity index (χ0) is 18.0. The van der Waals surface area contributed by atoms with E-state index in [-0.39, 0.29) is 17.7 Å². The van der Waals surface area contributed by atoms with Gasteiger partial charge in [-0.2, -0.15) is 0 Å². The molecular weight excluding hydrogens is 324 g/mol. The number of hydrogen-bond donors (Lipinski definition) is 0. The molecule has 0 N–H and O–H groups in total. The van der Waals surface area contributed by atoms with Crippen molar-refractivity contribution < 1.29 is 19.2 Å². The second-order valence-electron chi connectivity index (χ2n) is 5.79. The SMILES string of the molecule is COC(=O)[C@H]1[C@@H](c2cccc([N+](=O)[O-])c2)N1Cc1ccc(OC)cc1. The number of hydrogen-bond acceptors (Lipinski definition) is 6. The monoisotopic (exact) mass is 342 g/mol. The highest BCUT2D eigenvalue weighted by atomic mass is 16.6. The molecule has 0 amide bonds. The van der Waals surface area contributed by atoms with Crippen LogP contribution in [-0.4, -0.2) is 36.1 Å². The van der Waals surface area contributed by atoms with Crippen LogP contribution in [0.5, 0.6) is 5.75 Å². The molecule has 3 rings (SSSR count). The predicted molar refractivity (Wildman–Crippen MR) is 90.2 cm³/mol. The van der Waals surface area contributed by atoms with Gasteiger partial charge in [-0.1, -0.05) is 24.3 Å². The summed E-state index contributed by atoms with van der Waals surface area (Å²) in [7, 11) is 2.95. The van der Waals surface area contributed by atoms with E-state index in [2.05, 4.69) is 0 Å². The third-order valence-corrected chi connectivity index (χ3v) is 4.31. The fourth-order valence-electron chi connectivity index (χ4n) is 3.00. The third-order valence-electron chi connectivity index (χ3n) is 4.31. The molecule has 0 aromatic heterocycles. The molecule has 0 aliphatic carbocycles. The van der Waals surface area contributed by atoms with Crippen LogP contribution in [0.4, 0.5) is 5.69 Å². The number of non-ortho nitro benzene ring substituents is 1. The van der Waals surface area contributed by atoms with Crippen molar-refractivity contribution in [2.24, 2.45) is 0 Å². The number of esters is 1. The molecule has 130 valence electrons. The lowest BCUT2D eigenvalue weighted by atomic mass is 10.1. The molecule has 2 aromatic rings. The molecule has 25 heavy (non-hydrogen) atoms. The van der Waals surface area contributed by atoms with E-state index in [0.717, 1.165) is 16.9 Å². The molecule has 2 aromatic carbocycles. The minimum atomic E-state index is -0.438. The Balaban J connectivity index is 1.82. The summed E-state index contributed by atoms with van der Waals surface area (Å²) < 4.78 is 10.0. The number of benzene rings is 2. The maximum absolute atomic E-state index is 12.1. The zero-order valence-corrected chi connectivity index (χ0v) is 13.9. The van der Waals surface area contributed by atoms with Crippen molar-refractivity contribution in [1.29, 1.82) is 0 Å². The molecule has 0 spiro atoms. The number of methoxy groups -OCH3 is 2. The molecule has 1 unspecified atom stereocenters. The van der Waals surface area contributed by atoms with Crippen molar-refractivity contribution in [2.75, 3.05) is 14.2 Å². The first-order valence-electron chi connectivity index (χ1n) is 7.76. The fourth-order valence-corrected chi connectivity index (χ4v) is 3.00. The molecule has 1 saturated heterocycles. The van der Waals surface area contributed by atoms with Gasteiger partial charge in [0.2, 0.25) is 0 Å². The Morgan fingerprint density at radius 3 is 2.52 bits per heavy atom. The van der Waals surface area contributed by atoms with Crippen LogP contribution < -0.4 is 4.74 Å². The Hall–Kier alpha value is -2.93. The van der Waals surface area contributed by atoms with Gasteiger partial charge in [0.15, 0.2) is 0 Å². The number of carbonyl (C=O) groups excluding carboxylic acids is 1. The van der Waals surface area contributed by atoms with Crippen LogP contribution >= 0.6 is 0 Å². The summed E-state index contributed by atoms with van der Waals surface area (Å²) >= 11 is 0. The van der Waals surface area contributed by atoms with Gasteiger partial charge in [0.05, 0.1) is 25.2 Å². The number of carbonyl (C=O) groups is 1. The molecule has 1 aliphatic heterocycles. The minimum Gasteiger partial charge on any atom is -0.497 e. The Bertz CT molecular complexity index is 790. The van der Waals surface area contributed by atoms with E-state index in [1.807, 2.05) is 29.2 Å². The van der Waals surface area contributed by atoms with Crippen LogP contribution in [0.1, 0.15) is 17.2 Å². The number of ether oxygens (including phenoxy) is 2. The summed E-state index contributed by atoms with van der Waals surface area (Å²) in [6.07, 6.45) is 0. The van der Waals surface area contributed by atoms with Gasteiger partial charge >= 0.3 is 5.97 Å². The summed E-state index contributed by atoms with van der Waals surface area (Å²) in [5, 5.41) is 11.0. The Morgan fingerprint density at radius 1 is 1.20 bits per heavy atom. The molecule has 1 fully saturated rings. The topological polar surface area (TPSA) is 81.7 Å². The number of rotatable bonds is 6. The van der Waals surface area contributed by atoms with Crippen molar-refractivity contribution in [3.8, 4) is 5.75 Å². The van der Waals surface area contributed by atoms with Crippen LogP contribution in [0.25, 0.3) is 0 Å². The molecule has 0 saturated carbocycles. The largest absolute Gasteiger partial charge is 0.497 e. The first kappa shape index (κ1) is 16.9. The zero-order valence-electron chi connectivity index (χ0n) is 13.9. The highest BCUT2D eigenvalue weighted by Gasteiger charge is 2.54. The standard InChI is InChI=1S/C18H18N2O5/c1-24-15-8-6-12(7-9-15)11-19-16(17(19)18(21)25-2)13-4-3-5-14(10-13)20(22)23/h3-10,16-17H,11H2,1-2H3/t16-,17-,19?/m1/s1. The molecule has 0 radical (unpaired) electrons. The van der Waals surface area contributed by atoms with Crippen LogP contribution in [0.15, 0.2) is 48.5 Å². The van der Waals surface area contributed by atoms with E-state index in [9.17, 15) is 14.9 Å². The molecule has 1 heterocycles. The van der Waals surface area contributed by atoms with Gasteiger partial charge in [-0.3, -0.25) is 19.8 Å². The second kappa shape index (κ2) is 6.90. The lowest BCUT2D eigenvalue weighted by Gasteiger charge is -2.06. The summed E-state index contributed by atoms with van der Waals surface area (Å²) in [4.78, 5) is 24.6. The summed E-state index contributed by atoms with van der Waals surface area (Å²) in [5.74, 6) is 0.416. The van der Waals surface area contributed by atoms with E-state index in [0.29, 0.717) is 6.54 Å². The van der Waals surface area contributed by atoms with E-state index < -0.39 is 11.0 Å². The maximum atomic E-state index is 12.1. The molecule has 7 nitrogen and oxygen atoms in total.